The summed E-state index contributed by atoms with van der Waals surface area (Å²) in [5, 5.41) is 13.3. The Hall–Kier alpha value is -1.65. The van der Waals surface area contributed by atoms with Crippen molar-refractivity contribution in [3.8, 4) is 0 Å². The summed E-state index contributed by atoms with van der Waals surface area (Å²) in [6.45, 7) is 3.58. The molecule has 4 heteroatoms. The molecule has 2 aromatic rings. The molecule has 0 saturated heterocycles. The molecule has 0 aliphatic rings. The van der Waals surface area contributed by atoms with Crippen molar-refractivity contribution in [1.82, 2.24) is 0 Å². The zero-order chi connectivity index (χ0) is 15.5. The monoisotopic (exact) mass is 347 g/mol. The van der Waals surface area contributed by atoms with Gasteiger partial charge in [0.15, 0.2) is 0 Å². The van der Waals surface area contributed by atoms with Gasteiger partial charge in [-0.2, -0.15) is 0 Å². The minimum Gasteiger partial charge on any atom is -0.385 e. The molecule has 1 atom stereocenters. The fraction of sp³-hybridized carbons (Fsp3) is 0.235. The maximum absolute atomic E-state index is 12.2. The molecule has 2 aromatic carbocycles. The molecule has 2 rings (SSSR count). The molecule has 0 heterocycles. The molecule has 0 aliphatic heterocycles. The number of hydrogen-bond acceptors (Lipinski definition) is 2. The van der Waals surface area contributed by atoms with Gasteiger partial charge in [-0.05, 0) is 37.1 Å². The number of carbonyl (C=O) groups is 1. The SMILES string of the molecule is Cc1ccc(Br)cc1NC(=O)C[C@](C)(O)c1ccccc1. The van der Waals surface area contributed by atoms with Gasteiger partial charge in [0, 0.05) is 10.2 Å². The van der Waals surface area contributed by atoms with Gasteiger partial charge in [-0.3, -0.25) is 4.79 Å². The van der Waals surface area contributed by atoms with E-state index in [4.69, 9.17) is 0 Å². The van der Waals surface area contributed by atoms with E-state index in [0.717, 1.165) is 21.3 Å². The number of aliphatic hydroxyl groups is 1. The number of anilines is 1. The summed E-state index contributed by atoms with van der Waals surface area (Å²) in [5.41, 5.74) is 1.26. The second-order valence-corrected chi connectivity index (χ2v) is 6.24. The lowest BCUT2D eigenvalue weighted by Crippen LogP contribution is -2.28. The zero-order valence-corrected chi connectivity index (χ0v) is 13.6. The fourth-order valence-corrected chi connectivity index (χ4v) is 2.50. The molecule has 0 fully saturated rings. The normalized spacial score (nSPS) is 13.5. The van der Waals surface area contributed by atoms with Crippen molar-refractivity contribution in [3.05, 3.63) is 64.1 Å². The van der Waals surface area contributed by atoms with Crippen LogP contribution in [-0.4, -0.2) is 11.0 Å². The lowest BCUT2D eigenvalue weighted by Gasteiger charge is -2.23. The van der Waals surface area contributed by atoms with E-state index in [-0.39, 0.29) is 12.3 Å². The van der Waals surface area contributed by atoms with Crippen LogP contribution in [0.25, 0.3) is 0 Å². The molecular weight excluding hydrogens is 330 g/mol. The van der Waals surface area contributed by atoms with Crippen LogP contribution in [0.4, 0.5) is 5.69 Å². The summed E-state index contributed by atoms with van der Waals surface area (Å²) in [6.07, 6.45) is 0.00294. The van der Waals surface area contributed by atoms with E-state index in [9.17, 15) is 9.90 Å². The summed E-state index contributed by atoms with van der Waals surface area (Å²) < 4.78 is 0.901. The van der Waals surface area contributed by atoms with Crippen LogP contribution >= 0.6 is 15.9 Å². The lowest BCUT2D eigenvalue weighted by molar-refractivity contribution is -0.120. The first kappa shape index (κ1) is 15.7. The Bertz CT molecular complexity index is 638. The van der Waals surface area contributed by atoms with Crippen LogP contribution < -0.4 is 5.32 Å². The first-order valence-electron chi connectivity index (χ1n) is 6.72. The second-order valence-electron chi connectivity index (χ2n) is 5.32. The Kier molecular flexibility index (Phi) is 4.80. The summed E-state index contributed by atoms with van der Waals surface area (Å²) in [7, 11) is 0. The molecule has 2 N–H and O–H groups in total. The third-order valence-corrected chi connectivity index (χ3v) is 3.87. The number of halogens is 1. The van der Waals surface area contributed by atoms with Gasteiger partial charge < -0.3 is 10.4 Å². The van der Waals surface area contributed by atoms with E-state index in [1.165, 1.54) is 0 Å². The van der Waals surface area contributed by atoms with Crippen molar-refractivity contribution in [2.45, 2.75) is 25.9 Å². The number of hydrogen-bond donors (Lipinski definition) is 2. The van der Waals surface area contributed by atoms with Gasteiger partial charge >= 0.3 is 0 Å². The highest BCUT2D eigenvalue weighted by Gasteiger charge is 2.26. The first-order chi connectivity index (χ1) is 9.88. The minimum absolute atomic E-state index is 0.00294. The van der Waals surface area contributed by atoms with Crippen molar-refractivity contribution >= 4 is 27.5 Å². The van der Waals surface area contributed by atoms with Crippen LogP contribution in [0.3, 0.4) is 0 Å². The fourth-order valence-electron chi connectivity index (χ4n) is 2.14. The highest BCUT2D eigenvalue weighted by Crippen LogP contribution is 2.26. The van der Waals surface area contributed by atoms with Crippen molar-refractivity contribution < 1.29 is 9.90 Å². The first-order valence-corrected chi connectivity index (χ1v) is 7.52. The summed E-state index contributed by atoms with van der Waals surface area (Å²) >= 11 is 3.38. The highest BCUT2D eigenvalue weighted by molar-refractivity contribution is 9.10. The molecule has 0 unspecified atom stereocenters. The summed E-state index contributed by atoms with van der Waals surface area (Å²) in [4.78, 5) is 12.2. The molecule has 21 heavy (non-hydrogen) atoms. The molecular formula is C17H18BrNO2. The largest absolute Gasteiger partial charge is 0.385 e. The average Bonchev–Trinajstić information content (AvgIpc) is 2.43. The average molecular weight is 348 g/mol. The van der Waals surface area contributed by atoms with E-state index in [1.54, 1.807) is 6.92 Å². The van der Waals surface area contributed by atoms with Crippen LogP contribution in [0, 0.1) is 6.92 Å². The molecule has 110 valence electrons. The Labute approximate surface area is 133 Å². The number of rotatable bonds is 4. The Morgan fingerprint density at radius 3 is 2.57 bits per heavy atom. The van der Waals surface area contributed by atoms with Gasteiger partial charge in [-0.1, -0.05) is 52.3 Å². The molecule has 0 bridgehead atoms. The summed E-state index contributed by atoms with van der Waals surface area (Å²) in [5.74, 6) is -0.218. The predicted octanol–water partition coefficient (Wildman–Crippen LogP) is 3.99. The van der Waals surface area contributed by atoms with Gasteiger partial charge in [0.25, 0.3) is 0 Å². The van der Waals surface area contributed by atoms with Gasteiger partial charge in [0.1, 0.15) is 0 Å². The maximum atomic E-state index is 12.2. The highest BCUT2D eigenvalue weighted by atomic mass is 79.9. The van der Waals surface area contributed by atoms with Gasteiger partial charge in [-0.25, -0.2) is 0 Å². The standard InChI is InChI=1S/C17H18BrNO2/c1-12-8-9-14(18)10-15(12)19-16(20)11-17(2,21)13-6-4-3-5-7-13/h3-10,21H,11H2,1-2H3,(H,19,20)/t17-/m0/s1. The van der Waals surface area contributed by atoms with Gasteiger partial charge in [-0.15, -0.1) is 0 Å². The predicted molar refractivity (Wildman–Crippen MR) is 88.1 cm³/mol. The number of benzene rings is 2. The maximum Gasteiger partial charge on any atom is 0.227 e. The number of nitrogens with one attached hydrogen (secondary N) is 1. The molecule has 3 nitrogen and oxygen atoms in total. The zero-order valence-electron chi connectivity index (χ0n) is 12.1. The van der Waals surface area contributed by atoms with Gasteiger partial charge in [0.05, 0.1) is 12.0 Å². The molecule has 0 aliphatic carbocycles. The van der Waals surface area contributed by atoms with Crippen LogP contribution in [0.2, 0.25) is 0 Å². The smallest absolute Gasteiger partial charge is 0.227 e. The van der Waals surface area contributed by atoms with Crippen LogP contribution in [0.5, 0.6) is 0 Å². The van der Waals surface area contributed by atoms with E-state index < -0.39 is 5.60 Å². The Balaban J connectivity index is 2.09. The molecule has 0 radical (unpaired) electrons. The lowest BCUT2D eigenvalue weighted by atomic mass is 9.92. The molecule has 0 saturated carbocycles. The molecule has 1 amide bonds. The van der Waals surface area contributed by atoms with E-state index in [2.05, 4.69) is 21.2 Å². The summed E-state index contributed by atoms with van der Waals surface area (Å²) in [6, 6.07) is 14.9. The third kappa shape index (κ3) is 4.16. The minimum atomic E-state index is -1.19. The van der Waals surface area contributed by atoms with Crippen molar-refractivity contribution in [2.24, 2.45) is 0 Å². The van der Waals surface area contributed by atoms with Gasteiger partial charge in [0.2, 0.25) is 5.91 Å². The Morgan fingerprint density at radius 1 is 1.24 bits per heavy atom. The van der Waals surface area contributed by atoms with E-state index in [1.807, 2.05) is 55.5 Å². The van der Waals surface area contributed by atoms with E-state index in [0.29, 0.717) is 0 Å². The van der Waals surface area contributed by atoms with Crippen molar-refractivity contribution in [1.29, 1.82) is 0 Å². The topological polar surface area (TPSA) is 49.3 Å². The van der Waals surface area contributed by atoms with Crippen LogP contribution in [-0.2, 0) is 10.4 Å². The Morgan fingerprint density at radius 2 is 1.90 bits per heavy atom. The quantitative estimate of drug-likeness (QED) is 0.878. The number of amides is 1. The van der Waals surface area contributed by atoms with E-state index >= 15 is 0 Å². The van der Waals surface area contributed by atoms with Crippen molar-refractivity contribution in [3.63, 3.8) is 0 Å². The molecule has 0 spiro atoms. The van der Waals surface area contributed by atoms with Crippen molar-refractivity contribution in [2.75, 3.05) is 5.32 Å². The third-order valence-electron chi connectivity index (χ3n) is 3.37. The van der Waals surface area contributed by atoms with Crippen LogP contribution in [0.15, 0.2) is 53.0 Å². The number of aryl methyl sites for hydroxylation is 1. The second kappa shape index (κ2) is 6.41. The van der Waals surface area contributed by atoms with Crippen LogP contribution in [0.1, 0.15) is 24.5 Å². The molecule has 0 aromatic heterocycles. The number of carbonyl (C=O) groups excluding carboxylic acids is 1.